The smallest absolute Gasteiger partial charge is 0.337 e. The first-order chi connectivity index (χ1) is 13.4. The number of amides is 1. The van der Waals surface area contributed by atoms with Crippen molar-refractivity contribution in [3.63, 3.8) is 0 Å². The first-order valence-electron chi connectivity index (χ1n) is 9.13. The van der Waals surface area contributed by atoms with Crippen molar-refractivity contribution in [2.75, 3.05) is 0 Å². The van der Waals surface area contributed by atoms with E-state index in [2.05, 4.69) is 15.6 Å². The van der Waals surface area contributed by atoms with Gasteiger partial charge in [0.05, 0.1) is 28.0 Å². The summed E-state index contributed by atoms with van der Waals surface area (Å²) in [6.07, 6.45) is 1.72. The molecule has 1 heterocycles. The Labute approximate surface area is 179 Å². The van der Waals surface area contributed by atoms with Gasteiger partial charge in [0.1, 0.15) is 11.4 Å². The lowest BCUT2D eigenvalue weighted by atomic mass is 10.0. The number of rotatable bonds is 8. The van der Waals surface area contributed by atoms with Crippen LogP contribution in [0, 0.1) is 11.8 Å². The molecule has 2 aromatic rings. The number of benzene rings is 1. The number of hydrogen-bond acceptors (Lipinski definition) is 4. The van der Waals surface area contributed by atoms with Crippen LogP contribution in [0.1, 0.15) is 45.9 Å². The van der Waals surface area contributed by atoms with E-state index < -0.39 is 25.2 Å². The molecule has 0 bridgehead atoms. The molecule has 2 rings (SSSR count). The van der Waals surface area contributed by atoms with Crippen LogP contribution in [0.3, 0.4) is 0 Å². The molecule has 0 fully saturated rings. The molecular formula is C18H25Cl2N4O4P. The molecule has 0 aliphatic carbocycles. The number of aromatic nitrogens is 3. The fourth-order valence-electron chi connectivity index (χ4n) is 2.85. The van der Waals surface area contributed by atoms with Crippen LogP contribution in [0.5, 0.6) is 0 Å². The van der Waals surface area contributed by atoms with Crippen molar-refractivity contribution in [2.45, 2.75) is 45.8 Å². The number of carbonyl (C=O) groups is 1. The van der Waals surface area contributed by atoms with Crippen molar-refractivity contribution in [3.8, 4) is 5.69 Å². The van der Waals surface area contributed by atoms with Gasteiger partial charge in [-0.1, -0.05) is 56.1 Å². The summed E-state index contributed by atoms with van der Waals surface area (Å²) in [6, 6.07) is 4.43. The molecule has 3 N–H and O–H groups in total. The second kappa shape index (κ2) is 9.58. The van der Waals surface area contributed by atoms with Gasteiger partial charge in [0.25, 0.3) is 0 Å². The summed E-state index contributed by atoms with van der Waals surface area (Å²) in [5.74, 6) is -0.837. The number of carbonyl (C=O) groups excluding carboxylic acids is 1. The first-order valence-corrected chi connectivity index (χ1v) is 11.6. The zero-order valence-corrected chi connectivity index (χ0v) is 19.0. The molecule has 0 saturated carbocycles. The largest absolute Gasteiger partial charge is 0.347 e. The third kappa shape index (κ3) is 6.27. The van der Waals surface area contributed by atoms with E-state index >= 15 is 0 Å². The zero-order valence-electron chi connectivity index (χ0n) is 16.6. The summed E-state index contributed by atoms with van der Waals surface area (Å²) < 4.78 is 13.3. The maximum absolute atomic E-state index is 12.7. The highest BCUT2D eigenvalue weighted by molar-refractivity contribution is 7.53. The highest BCUT2D eigenvalue weighted by Crippen LogP contribution is 2.44. The van der Waals surface area contributed by atoms with Crippen LogP contribution < -0.4 is 5.32 Å². The fourth-order valence-corrected chi connectivity index (χ4v) is 4.22. The molecule has 0 aliphatic rings. The summed E-state index contributed by atoms with van der Waals surface area (Å²) in [4.78, 5) is 31.9. The molecule has 8 nitrogen and oxygen atoms in total. The van der Waals surface area contributed by atoms with Crippen molar-refractivity contribution in [3.05, 3.63) is 40.1 Å². The van der Waals surface area contributed by atoms with Crippen LogP contribution in [-0.2, 0) is 9.36 Å². The number of nitrogens with one attached hydrogen (secondary N) is 1. The Morgan fingerprint density at radius 2 is 1.86 bits per heavy atom. The third-order valence-electron chi connectivity index (χ3n) is 4.37. The van der Waals surface area contributed by atoms with Gasteiger partial charge in [0.2, 0.25) is 5.91 Å². The van der Waals surface area contributed by atoms with Crippen LogP contribution in [0.15, 0.2) is 24.4 Å². The Morgan fingerprint density at radius 3 is 2.38 bits per heavy atom. The van der Waals surface area contributed by atoms with Gasteiger partial charge >= 0.3 is 7.60 Å². The van der Waals surface area contributed by atoms with Gasteiger partial charge in [-0.3, -0.25) is 9.36 Å². The number of halogens is 2. The molecule has 0 saturated heterocycles. The maximum atomic E-state index is 12.7. The van der Waals surface area contributed by atoms with Crippen LogP contribution >= 0.6 is 30.8 Å². The Hall–Kier alpha value is -1.44. The molecule has 1 aromatic heterocycles. The minimum Gasteiger partial charge on any atom is -0.347 e. The van der Waals surface area contributed by atoms with E-state index in [1.807, 2.05) is 13.8 Å². The summed E-state index contributed by atoms with van der Waals surface area (Å²) in [7, 11) is -4.60. The molecule has 29 heavy (non-hydrogen) atoms. The van der Waals surface area contributed by atoms with Gasteiger partial charge < -0.3 is 15.1 Å². The molecular weight excluding hydrogens is 438 g/mol. The molecule has 1 aromatic carbocycles. The van der Waals surface area contributed by atoms with Crippen LogP contribution in [0.2, 0.25) is 10.0 Å². The fraction of sp³-hybridized carbons (Fsp3) is 0.500. The second-order valence-corrected chi connectivity index (χ2v) is 10.3. The van der Waals surface area contributed by atoms with Crippen LogP contribution in [0.25, 0.3) is 5.69 Å². The molecule has 11 heteroatoms. The lowest BCUT2D eigenvalue weighted by Gasteiger charge is -2.25. The van der Waals surface area contributed by atoms with E-state index in [0.29, 0.717) is 21.4 Å². The van der Waals surface area contributed by atoms with Crippen molar-refractivity contribution < 1.29 is 19.1 Å². The van der Waals surface area contributed by atoms with Crippen LogP contribution in [0.4, 0.5) is 0 Å². The summed E-state index contributed by atoms with van der Waals surface area (Å²) in [6.45, 7) is 7.35. The Kier molecular flexibility index (Phi) is 7.87. The average Bonchev–Trinajstić information content (AvgIpc) is 3.08. The van der Waals surface area contributed by atoms with Gasteiger partial charge in [-0.2, -0.15) is 0 Å². The third-order valence-corrected chi connectivity index (χ3v) is 6.36. The van der Waals surface area contributed by atoms with Gasteiger partial charge in [-0.15, -0.1) is 5.10 Å². The number of nitrogens with zero attached hydrogens (tertiary/aromatic N) is 3. The van der Waals surface area contributed by atoms with Gasteiger partial charge in [-0.25, -0.2) is 4.68 Å². The predicted octanol–water partition coefficient (Wildman–Crippen LogP) is 3.98. The second-order valence-electron chi connectivity index (χ2n) is 7.65. The summed E-state index contributed by atoms with van der Waals surface area (Å²) in [5, 5.41) is 11.7. The average molecular weight is 463 g/mol. The van der Waals surface area contributed by atoms with Crippen molar-refractivity contribution in [1.29, 1.82) is 0 Å². The highest BCUT2D eigenvalue weighted by Gasteiger charge is 2.37. The van der Waals surface area contributed by atoms with Crippen molar-refractivity contribution in [1.82, 2.24) is 20.3 Å². The molecule has 0 aliphatic heterocycles. The minimum absolute atomic E-state index is 0.0496. The van der Waals surface area contributed by atoms with Crippen molar-refractivity contribution >= 4 is 36.7 Å². The van der Waals surface area contributed by atoms with Crippen LogP contribution in [-0.4, -0.2) is 36.3 Å². The van der Waals surface area contributed by atoms with E-state index in [1.165, 1.54) is 4.68 Å². The normalized spacial score (nSPS) is 14.3. The first kappa shape index (κ1) is 23.8. The van der Waals surface area contributed by atoms with E-state index in [0.717, 1.165) is 0 Å². The Morgan fingerprint density at radius 1 is 1.21 bits per heavy atom. The molecule has 2 unspecified atom stereocenters. The quantitative estimate of drug-likeness (QED) is 0.510. The Balaban J connectivity index is 2.28. The minimum atomic E-state index is -4.60. The van der Waals surface area contributed by atoms with E-state index in [1.54, 1.807) is 38.2 Å². The predicted molar refractivity (Wildman–Crippen MR) is 112 cm³/mol. The summed E-state index contributed by atoms with van der Waals surface area (Å²) in [5.41, 5.74) is -0.304. The van der Waals surface area contributed by atoms with Gasteiger partial charge in [0, 0.05) is 0 Å². The van der Waals surface area contributed by atoms with Gasteiger partial charge in [-0.05, 0) is 36.5 Å². The topological polar surface area (TPSA) is 117 Å². The highest BCUT2D eigenvalue weighted by atomic mass is 35.5. The molecule has 1 amide bonds. The standard InChI is InChI=1S/C18H25Cl2N4O4P/c1-10(2)7-16(29(26,27)28)18(25)21-17(11(3)4)15-9-24(23-22-15)12-5-6-13(19)14(20)8-12/h5-6,8-11,16-17H,7H2,1-4H3,(H,21,25)(H2,26,27,28). The molecule has 160 valence electrons. The maximum Gasteiger partial charge on any atom is 0.337 e. The monoisotopic (exact) mass is 462 g/mol. The number of hydrogen-bond donors (Lipinski definition) is 3. The molecule has 0 radical (unpaired) electrons. The lowest BCUT2D eigenvalue weighted by molar-refractivity contribution is -0.122. The van der Waals surface area contributed by atoms with E-state index in [4.69, 9.17) is 23.2 Å². The van der Waals surface area contributed by atoms with Crippen molar-refractivity contribution in [2.24, 2.45) is 11.8 Å². The SMILES string of the molecule is CC(C)CC(C(=O)NC(c1cn(-c2ccc(Cl)c(Cl)c2)nn1)C(C)C)P(=O)(O)O. The molecule has 0 spiro atoms. The Bertz CT molecular complexity index is 913. The van der Waals surface area contributed by atoms with Gasteiger partial charge in [0.15, 0.2) is 0 Å². The van der Waals surface area contributed by atoms with E-state index in [9.17, 15) is 19.1 Å². The zero-order chi connectivity index (χ0) is 21.9. The molecule has 2 atom stereocenters. The lowest BCUT2D eigenvalue weighted by Crippen LogP contribution is -2.39. The van der Waals surface area contributed by atoms with E-state index in [-0.39, 0.29) is 18.3 Å². The summed E-state index contributed by atoms with van der Waals surface area (Å²) >= 11 is 12.0.